The molecular weight excluding hydrogens is 402 g/mol. The van der Waals surface area contributed by atoms with Crippen LogP contribution >= 0.6 is 11.6 Å². The van der Waals surface area contributed by atoms with Gasteiger partial charge in [-0.2, -0.15) is 0 Å². The minimum Gasteiger partial charge on any atom is -0.321 e. The van der Waals surface area contributed by atoms with E-state index in [1.54, 1.807) is 4.57 Å². The molecule has 1 aromatic carbocycles. The van der Waals surface area contributed by atoms with Crippen LogP contribution in [0.4, 0.5) is 0 Å². The quantitative estimate of drug-likeness (QED) is 0.559. The second-order valence-electron chi connectivity index (χ2n) is 7.84. The molecule has 3 rings (SSSR count). The van der Waals surface area contributed by atoms with E-state index in [1.807, 2.05) is 29.7 Å². The maximum atomic E-state index is 12.6. The molecular formula is C22H30ClN5O2. The van der Waals surface area contributed by atoms with Crippen molar-refractivity contribution in [2.75, 3.05) is 0 Å². The lowest BCUT2D eigenvalue weighted by molar-refractivity contribution is 0.196. The van der Waals surface area contributed by atoms with Gasteiger partial charge in [-0.15, -0.1) is 0 Å². The molecule has 0 fully saturated rings. The zero-order valence-corrected chi connectivity index (χ0v) is 18.9. The van der Waals surface area contributed by atoms with E-state index in [0.717, 1.165) is 24.2 Å². The molecule has 2 heterocycles. The molecule has 7 nitrogen and oxygen atoms in total. The van der Waals surface area contributed by atoms with E-state index in [4.69, 9.17) is 16.6 Å². The number of hydrogen-bond acceptors (Lipinski definition) is 4. The number of imidazole rings is 1. The van der Waals surface area contributed by atoms with Crippen LogP contribution in [-0.2, 0) is 26.2 Å². The van der Waals surface area contributed by atoms with E-state index in [9.17, 15) is 9.59 Å². The minimum absolute atomic E-state index is 0.259. The fourth-order valence-corrected chi connectivity index (χ4v) is 3.89. The Morgan fingerprint density at radius 3 is 2.57 bits per heavy atom. The molecule has 0 saturated heterocycles. The third-order valence-corrected chi connectivity index (χ3v) is 5.60. The van der Waals surface area contributed by atoms with Crippen molar-refractivity contribution in [1.29, 1.82) is 0 Å². The zero-order valence-electron chi connectivity index (χ0n) is 18.1. The Hall–Kier alpha value is -2.38. The van der Waals surface area contributed by atoms with Gasteiger partial charge >= 0.3 is 5.69 Å². The molecule has 0 aliphatic rings. The molecule has 0 aliphatic carbocycles. The molecule has 0 atom stereocenters. The number of halogens is 1. The fraction of sp³-hybridized carbons (Fsp3) is 0.500. The van der Waals surface area contributed by atoms with Gasteiger partial charge in [0.2, 0.25) is 0 Å². The third kappa shape index (κ3) is 4.68. The Labute approximate surface area is 181 Å². The van der Waals surface area contributed by atoms with E-state index in [1.165, 1.54) is 0 Å². The van der Waals surface area contributed by atoms with E-state index >= 15 is 0 Å². The normalized spacial score (nSPS) is 11.8. The SMILES string of the molecule is CCCCn1c(=O)[nH]c(=O)c2c1nc(CN(Cc1cccc(Cl)c1)C(C)C)n2CC. The summed E-state index contributed by atoms with van der Waals surface area (Å²) in [6.07, 6.45) is 1.80. The van der Waals surface area contributed by atoms with Crippen LogP contribution in [0.1, 0.15) is 51.9 Å². The first-order valence-corrected chi connectivity index (χ1v) is 10.9. The standard InChI is InChI=1S/C22H30ClN5O2/c1-5-7-11-28-20-19(21(29)25-22(28)30)27(6-2)18(24-20)14-26(15(3)4)13-16-9-8-10-17(23)12-16/h8-10,12,15H,5-7,11,13-14H2,1-4H3,(H,25,29,30). The molecule has 0 aliphatic heterocycles. The van der Waals surface area contributed by atoms with Crippen LogP contribution < -0.4 is 11.2 Å². The molecule has 0 spiro atoms. The van der Waals surface area contributed by atoms with Crippen LogP contribution in [0.2, 0.25) is 5.02 Å². The lowest BCUT2D eigenvalue weighted by atomic mass is 10.2. The monoisotopic (exact) mass is 431 g/mol. The third-order valence-electron chi connectivity index (χ3n) is 5.37. The van der Waals surface area contributed by atoms with Crippen molar-refractivity contribution in [3.8, 4) is 0 Å². The number of nitrogens with one attached hydrogen (secondary N) is 1. The predicted octanol–water partition coefficient (Wildman–Crippen LogP) is 3.77. The largest absolute Gasteiger partial charge is 0.330 e. The van der Waals surface area contributed by atoms with Gasteiger partial charge in [0.25, 0.3) is 5.56 Å². The van der Waals surface area contributed by atoms with E-state index < -0.39 is 5.69 Å². The van der Waals surface area contributed by atoms with Crippen LogP contribution in [0.5, 0.6) is 0 Å². The molecule has 0 amide bonds. The van der Waals surface area contributed by atoms with Gasteiger partial charge in [-0.1, -0.05) is 37.1 Å². The van der Waals surface area contributed by atoms with Gasteiger partial charge in [0, 0.05) is 30.7 Å². The topological polar surface area (TPSA) is 75.9 Å². The summed E-state index contributed by atoms with van der Waals surface area (Å²) in [5.74, 6) is 0.782. The number of nitrogens with zero attached hydrogens (tertiary/aromatic N) is 4. The maximum Gasteiger partial charge on any atom is 0.330 e. The zero-order chi connectivity index (χ0) is 21.8. The number of aromatic amines is 1. The predicted molar refractivity (Wildman–Crippen MR) is 121 cm³/mol. The van der Waals surface area contributed by atoms with Crippen molar-refractivity contribution >= 4 is 22.8 Å². The summed E-state index contributed by atoms with van der Waals surface area (Å²) in [5.41, 5.74) is 1.28. The number of H-pyrrole nitrogens is 1. The number of rotatable bonds is 9. The molecule has 0 bridgehead atoms. The van der Waals surface area contributed by atoms with Crippen LogP contribution in [0, 0.1) is 0 Å². The van der Waals surface area contributed by atoms with E-state index in [-0.39, 0.29) is 11.6 Å². The molecule has 0 saturated carbocycles. The summed E-state index contributed by atoms with van der Waals surface area (Å²) in [6, 6.07) is 8.09. The van der Waals surface area contributed by atoms with Crippen LogP contribution in [0.15, 0.2) is 33.9 Å². The number of unbranched alkanes of at least 4 members (excludes halogenated alkanes) is 1. The highest BCUT2D eigenvalue weighted by atomic mass is 35.5. The molecule has 0 radical (unpaired) electrons. The first kappa shape index (κ1) is 22.3. The number of aromatic nitrogens is 4. The number of aryl methyl sites for hydroxylation is 2. The van der Waals surface area contributed by atoms with Gasteiger partial charge in [0.05, 0.1) is 6.54 Å². The van der Waals surface area contributed by atoms with Gasteiger partial charge in [-0.25, -0.2) is 9.78 Å². The summed E-state index contributed by atoms with van der Waals surface area (Å²) in [5, 5.41) is 0.712. The average molecular weight is 432 g/mol. The van der Waals surface area contributed by atoms with Crippen molar-refractivity contribution in [3.63, 3.8) is 0 Å². The van der Waals surface area contributed by atoms with Gasteiger partial charge in [-0.3, -0.25) is 19.2 Å². The molecule has 8 heteroatoms. The van der Waals surface area contributed by atoms with Crippen LogP contribution in [-0.4, -0.2) is 30.0 Å². The van der Waals surface area contributed by atoms with Gasteiger partial charge < -0.3 is 4.57 Å². The smallest absolute Gasteiger partial charge is 0.321 e. The van der Waals surface area contributed by atoms with Gasteiger partial charge in [0.1, 0.15) is 5.82 Å². The second-order valence-corrected chi connectivity index (χ2v) is 8.27. The number of benzene rings is 1. The molecule has 2 aromatic heterocycles. The van der Waals surface area contributed by atoms with Crippen molar-refractivity contribution in [2.24, 2.45) is 0 Å². The Morgan fingerprint density at radius 1 is 1.17 bits per heavy atom. The Kier molecular flexibility index (Phi) is 7.15. The number of fused-ring (bicyclic) bond motifs is 1. The number of hydrogen-bond donors (Lipinski definition) is 1. The maximum absolute atomic E-state index is 12.6. The van der Waals surface area contributed by atoms with Crippen molar-refractivity contribution in [1.82, 2.24) is 24.0 Å². The summed E-state index contributed by atoms with van der Waals surface area (Å²) >= 11 is 6.15. The van der Waals surface area contributed by atoms with E-state index in [0.29, 0.717) is 42.4 Å². The summed E-state index contributed by atoms with van der Waals surface area (Å²) in [4.78, 5) is 34.5. The Bertz CT molecular complexity index is 1130. The lowest BCUT2D eigenvalue weighted by Gasteiger charge is -2.26. The fourth-order valence-electron chi connectivity index (χ4n) is 3.68. The lowest BCUT2D eigenvalue weighted by Crippen LogP contribution is -2.31. The van der Waals surface area contributed by atoms with Crippen molar-refractivity contribution < 1.29 is 0 Å². The van der Waals surface area contributed by atoms with E-state index in [2.05, 4.69) is 36.7 Å². The highest BCUT2D eigenvalue weighted by molar-refractivity contribution is 6.30. The first-order valence-electron chi connectivity index (χ1n) is 10.6. The second kappa shape index (κ2) is 9.62. The van der Waals surface area contributed by atoms with Gasteiger partial charge in [0.15, 0.2) is 11.2 Å². The molecule has 1 N–H and O–H groups in total. The van der Waals surface area contributed by atoms with Crippen molar-refractivity contribution in [3.05, 3.63) is 61.5 Å². The highest BCUT2D eigenvalue weighted by Crippen LogP contribution is 2.19. The molecule has 0 unspecified atom stereocenters. The minimum atomic E-state index is -0.395. The summed E-state index contributed by atoms with van der Waals surface area (Å²) in [7, 11) is 0. The summed E-state index contributed by atoms with van der Waals surface area (Å²) in [6.45, 7) is 10.7. The molecule has 162 valence electrons. The van der Waals surface area contributed by atoms with Crippen LogP contribution in [0.25, 0.3) is 11.2 Å². The summed E-state index contributed by atoms with van der Waals surface area (Å²) < 4.78 is 3.51. The first-order chi connectivity index (χ1) is 14.3. The van der Waals surface area contributed by atoms with Crippen molar-refractivity contribution in [2.45, 2.75) is 72.8 Å². The Balaban J connectivity index is 2.04. The molecule has 3 aromatic rings. The highest BCUT2D eigenvalue weighted by Gasteiger charge is 2.20. The average Bonchev–Trinajstić information content (AvgIpc) is 3.05. The van der Waals surface area contributed by atoms with Gasteiger partial charge in [-0.05, 0) is 44.9 Å². The van der Waals surface area contributed by atoms with Crippen LogP contribution in [0.3, 0.4) is 0 Å². The molecule has 30 heavy (non-hydrogen) atoms. The Morgan fingerprint density at radius 2 is 1.93 bits per heavy atom.